The predicted octanol–water partition coefficient (Wildman–Crippen LogP) is 1.07. The molecule has 0 rings (SSSR count). The fourth-order valence-corrected chi connectivity index (χ4v) is 1.27. The van der Waals surface area contributed by atoms with Gasteiger partial charge in [-0.1, -0.05) is 0 Å². The Hall–Kier alpha value is -1.51. The minimum Gasteiger partial charge on any atom is -0.480 e. The summed E-state index contributed by atoms with van der Waals surface area (Å²) < 4.78 is 41.7. The molecule has 0 aliphatic carbocycles. The van der Waals surface area contributed by atoms with Crippen LogP contribution in [0, 0.1) is 0 Å². The second-order valence-electron chi connectivity index (χ2n) is 3.82. The first-order valence-electron chi connectivity index (χ1n) is 5.58. The molecule has 0 saturated heterocycles. The van der Waals surface area contributed by atoms with Gasteiger partial charge in [0.2, 0.25) is 0 Å². The molecule has 0 spiro atoms. The van der Waals surface area contributed by atoms with Crippen molar-refractivity contribution in [3.63, 3.8) is 0 Å². The molecule has 6 nitrogen and oxygen atoms in total. The molecule has 1 atom stereocenters. The summed E-state index contributed by atoms with van der Waals surface area (Å²) >= 11 is 0. The summed E-state index contributed by atoms with van der Waals surface area (Å²) in [7, 11) is 0. The monoisotopic (exact) mass is 286 g/mol. The number of ether oxygens (including phenoxy) is 1. The molecule has 19 heavy (non-hydrogen) atoms. The summed E-state index contributed by atoms with van der Waals surface area (Å²) in [6.07, 6.45) is -5.02. The molecule has 2 amide bonds. The molecule has 0 aromatic heterocycles. The van der Waals surface area contributed by atoms with Gasteiger partial charge < -0.3 is 20.1 Å². The fourth-order valence-electron chi connectivity index (χ4n) is 1.27. The number of hydrogen-bond acceptors (Lipinski definition) is 3. The molecule has 0 radical (unpaired) electrons. The van der Waals surface area contributed by atoms with E-state index in [1.807, 2.05) is 0 Å². The third-order valence-corrected chi connectivity index (χ3v) is 1.98. The number of nitrogens with one attached hydrogen (secondary N) is 1. The van der Waals surface area contributed by atoms with Crippen LogP contribution in [0.4, 0.5) is 18.0 Å². The summed E-state index contributed by atoms with van der Waals surface area (Å²) in [6.45, 7) is 1.13. The highest BCUT2D eigenvalue weighted by molar-refractivity contribution is 5.80. The molecule has 0 fully saturated rings. The van der Waals surface area contributed by atoms with Gasteiger partial charge in [0.1, 0.15) is 13.1 Å². The minimum absolute atomic E-state index is 0.000644. The SMILES string of the molecule is CCOC(C)CNC(=O)N(CC(=O)O)CC(F)(F)F. The molecule has 0 bridgehead atoms. The lowest BCUT2D eigenvalue weighted by atomic mass is 10.4. The number of aliphatic carboxylic acids is 1. The first kappa shape index (κ1) is 17.5. The topological polar surface area (TPSA) is 78.9 Å². The van der Waals surface area contributed by atoms with Crippen LogP contribution in [-0.2, 0) is 9.53 Å². The van der Waals surface area contributed by atoms with Crippen LogP contribution in [0.2, 0.25) is 0 Å². The number of rotatable bonds is 7. The van der Waals surface area contributed by atoms with Gasteiger partial charge in [-0.05, 0) is 13.8 Å². The van der Waals surface area contributed by atoms with E-state index in [2.05, 4.69) is 5.32 Å². The van der Waals surface area contributed by atoms with E-state index in [0.717, 1.165) is 0 Å². The van der Waals surface area contributed by atoms with Crippen molar-refractivity contribution in [2.45, 2.75) is 26.1 Å². The van der Waals surface area contributed by atoms with Crippen LogP contribution < -0.4 is 5.32 Å². The van der Waals surface area contributed by atoms with Crippen molar-refractivity contribution >= 4 is 12.0 Å². The quantitative estimate of drug-likeness (QED) is 0.733. The number of halogens is 3. The molecule has 0 aromatic rings. The number of carboxylic acid groups (broad SMARTS) is 1. The largest absolute Gasteiger partial charge is 0.480 e. The molecule has 0 aliphatic heterocycles. The molecule has 0 aliphatic rings. The lowest BCUT2D eigenvalue weighted by Gasteiger charge is -2.23. The van der Waals surface area contributed by atoms with Gasteiger partial charge in [-0.2, -0.15) is 13.2 Å². The lowest BCUT2D eigenvalue weighted by Crippen LogP contribution is -2.48. The number of alkyl halides is 3. The number of hydrogen-bond donors (Lipinski definition) is 2. The Morgan fingerprint density at radius 1 is 1.42 bits per heavy atom. The minimum atomic E-state index is -4.65. The molecule has 0 heterocycles. The summed E-state index contributed by atoms with van der Waals surface area (Å²) in [5, 5.41) is 10.7. The molecular formula is C10H17F3N2O4. The first-order valence-corrected chi connectivity index (χ1v) is 5.58. The van der Waals surface area contributed by atoms with E-state index in [-0.39, 0.29) is 17.5 Å². The van der Waals surface area contributed by atoms with Crippen molar-refractivity contribution in [2.24, 2.45) is 0 Å². The van der Waals surface area contributed by atoms with Crippen LogP contribution in [0.1, 0.15) is 13.8 Å². The third-order valence-electron chi connectivity index (χ3n) is 1.98. The average molecular weight is 286 g/mol. The zero-order valence-electron chi connectivity index (χ0n) is 10.7. The van der Waals surface area contributed by atoms with Gasteiger partial charge >= 0.3 is 18.2 Å². The van der Waals surface area contributed by atoms with Gasteiger partial charge in [-0.3, -0.25) is 4.79 Å². The Morgan fingerprint density at radius 2 is 2.00 bits per heavy atom. The maximum absolute atomic E-state index is 12.2. The maximum Gasteiger partial charge on any atom is 0.406 e. The normalized spacial score (nSPS) is 12.9. The van der Waals surface area contributed by atoms with E-state index in [0.29, 0.717) is 6.61 Å². The van der Waals surface area contributed by atoms with Gasteiger partial charge in [0.15, 0.2) is 0 Å². The van der Waals surface area contributed by atoms with Gasteiger partial charge in [0, 0.05) is 13.2 Å². The Labute approximate surface area is 108 Å². The van der Waals surface area contributed by atoms with Gasteiger partial charge in [-0.25, -0.2) is 4.79 Å². The van der Waals surface area contributed by atoms with Crippen LogP contribution in [0.25, 0.3) is 0 Å². The molecule has 9 heteroatoms. The van der Waals surface area contributed by atoms with E-state index in [9.17, 15) is 22.8 Å². The van der Waals surface area contributed by atoms with Crippen molar-refractivity contribution in [3.8, 4) is 0 Å². The van der Waals surface area contributed by atoms with E-state index in [1.165, 1.54) is 0 Å². The van der Waals surface area contributed by atoms with Crippen LogP contribution in [-0.4, -0.2) is 60.5 Å². The van der Waals surface area contributed by atoms with Crippen LogP contribution in [0.5, 0.6) is 0 Å². The highest BCUT2D eigenvalue weighted by Crippen LogP contribution is 2.16. The van der Waals surface area contributed by atoms with E-state index in [1.54, 1.807) is 13.8 Å². The fraction of sp³-hybridized carbons (Fsp3) is 0.800. The Balaban J connectivity index is 4.42. The van der Waals surface area contributed by atoms with Crippen molar-refractivity contribution < 1.29 is 32.6 Å². The van der Waals surface area contributed by atoms with Crippen LogP contribution >= 0.6 is 0 Å². The van der Waals surface area contributed by atoms with Crippen molar-refractivity contribution in [3.05, 3.63) is 0 Å². The van der Waals surface area contributed by atoms with Gasteiger partial charge in [0.05, 0.1) is 6.10 Å². The van der Waals surface area contributed by atoms with Gasteiger partial charge in [0.25, 0.3) is 0 Å². The molecule has 0 saturated carbocycles. The molecular weight excluding hydrogens is 269 g/mol. The van der Waals surface area contributed by atoms with Crippen molar-refractivity contribution in [1.29, 1.82) is 0 Å². The highest BCUT2D eigenvalue weighted by atomic mass is 19.4. The van der Waals surface area contributed by atoms with Crippen LogP contribution in [0.3, 0.4) is 0 Å². The van der Waals surface area contributed by atoms with E-state index >= 15 is 0 Å². The Bertz CT molecular complexity index is 310. The number of urea groups is 1. The standard InChI is InChI=1S/C10H17F3N2O4/c1-3-19-7(2)4-14-9(18)15(5-8(16)17)6-10(11,12)13/h7H,3-6H2,1-2H3,(H,14,18)(H,16,17). The third kappa shape index (κ3) is 9.11. The van der Waals surface area contributed by atoms with E-state index < -0.39 is 31.3 Å². The number of amides is 2. The van der Waals surface area contributed by atoms with Gasteiger partial charge in [-0.15, -0.1) is 0 Å². The number of nitrogens with zero attached hydrogens (tertiary/aromatic N) is 1. The van der Waals surface area contributed by atoms with Crippen molar-refractivity contribution in [1.82, 2.24) is 10.2 Å². The summed E-state index contributed by atoms with van der Waals surface area (Å²) in [4.78, 5) is 22.1. The van der Waals surface area contributed by atoms with E-state index in [4.69, 9.17) is 9.84 Å². The second kappa shape index (κ2) is 7.82. The zero-order chi connectivity index (χ0) is 15.1. The average Bonchev–Trinajstić information content (AvgIpc) is 2.22. The van der Waals surface area contributed by atoms with Crippen LogP contribution in [0.15, 0.2) is 0 Å². The predicted molar refractivity (Wildman–Crippen MR) is 59.8 cm³/mol. The zero-order valence-corrected chi connectivity index (χ0v) is 10.7. The molecule has 112 valence electrons. The Kier molecular flexibility index (Phi) is 7.20. The Morgan fingerprint density at radius 3 is 2.42 bits per heavy atom. The second-order valence-corrected chi connectivity index (χ2v) is 3.82. The number of carbonyl (C=O) groups is 2. The highest BCUT2D eigenvalue weighted by Gasteiger charge is 2.34. The summed E-state index contributed by atoms with van der Waals surface area (Å²) in [6, 6.07) is -1.09. The lowest BCUT2D eigenvalue weighted by molar-refractivity contribution is -0.149. The first-order chi connectivity index (χ1) is 8.65. The number of carboxylic acids is 1. The molecule has 0 aromatic carbocycles. The van der Waals surface area contributed by atoms with Crippen molar-refractivity contribution in [2.75, 3.05) is 26.2 Å². The smallest absolute Gasteiger partial charge is 0.406 e. The molecule has 1 unspecified atom stereocenters. The summed E-state index contributed by atoms with van der Waals surface area (Å²) in [5.41, 5.74) is 0. The number of carbonyl (C=O) groups excluding carboxylic acids is 1. The molecule has 2 N–H and O–H groups in total. The summed E-state index contributed by atoms with van der Waals surface area (Å²) in [5.74, 6) is -1.52. The maximum atomic E-state index is 12.2.